The van der Waals surface area contributed by atoms with Crippen LogP contribution in [-0.4, -0.2) is 69.4 Å². The van der Waals surface area contributed by atoms with Gasteiger partial charge in [0.25, 0.3) is 0 Å². The summed E-state index contributed by atoms with van der Waals surface area (Å²) in [5, 5.41) is 0. The highest BCUT2D eigenvalue weighted by atomic mass is 16.6. The van der Waals surface area contributed by atoms with Gasteiger partial charge in [0.05, 0.1) is 13.7 Å². The second-order valence-electron chi connectivity index (χ2n) is 8.50. The molecule has 2 aliphatic rings. The summed E-state index contributed by atoms with van der Waals surface area (Å²) in [5.41, 5.74) is 1.66. The van der Waals surface area contributed by atoms with Crippen LogP contribution in [-0.2, 0) is 9.53 Å². The quantitative estimate of drug-likeness (QED) is 0.639. The molecule has 0 unspecified atom stereocenters. The van der Waals surface area contributed by atoms with Gasteiger partial charge in [-0.25, -0.2) is 4.79 Å². The fourth-order valence-electron chi connectivity index (χ4n) is 4.21. The third kappa shape index (κ3) is 5.57. The predicted molar refractivity (Wildman–Crippen MR) is 126 cm³/mol. The average molecular weight is 454 g/mol. The van der Waals surface area contributed by atoms with Gasteiger partial charge < -0.3 is 19.1 Å². The summed E-state index contributed by atoms with van der Waals surface area (Å²) in [7, 11) is 3.38. The van der Waals surface area contributed by atoms with Crippen LogP contribution in [0.3, 0.4) is 0 Å². The fourth-order valence-corrected chi connectivity index (χ4v) is 4.21. The highest BCUT2D eigenvalue weighted by molar-refractivity contribution is 5.91. The number of methoxy groups -OCH3 is 1. The Morgan fingerprint density at radius 3 is 2.30 bits per heavy atom. The maximum Gasteiger partial charge on any atom is 0.414 e. The maximum absolute atomic E-state index is 12.4. The van der Waals surface area contributed by atoms with E-state index in [1.54, 1.807) is 30.9 Å². The monoisotopic (exact) mass is 453 g/mol. The molecule has 2 amide bonds. The molecule has 8 nitrogen and oxygen atoms in total. The summed E-state index contributed by atoms with van der Waals surface area (Å²) in [6.07, 6.45) is 1.53. The standard InChI is InChI=1S/C25H31N3O5/c1-18(29)26(2)19-4-10-22(11-5-19)32-23-12-14-27(15-13-23)16-24-17-28(25(30)33-24)20-6-8-21(31-3)9-7-20/h4-11,23-24H,12-17H2,1-3H3/t24-/m0/s1. The molecule has 0 radical (unpaired) electrons. The van der Waals surface area contributed by atoms with Crippen LogP contribution in [0.4, 0.5) is 16.2 Å². The molecule has 0 bridgehead atoms. The average Bonchev–Trinajstić information content (AvgIpc) is 3.20. The number of likely N-dealkylation sites (tertiary alicyclic amines) is 1. The second-order valence-corrected chi connectivity index (χ2v) is 8.50. The Hall–Kier alpha value is -3.26. The van der Waals surface area contributed by atoms with Gasteiger partial charge in [0, 0.05) is 45.0 Å². The lowest BCUT2D eigenvalue weighted by molar-refractivity contribution is -0.116. The van der Waals surface area contributed by atoms with E-state index in [9.17, 15) is 9.59 Å². The first-order chi connectivity index (χ1) is 15.9. The van der Waals surface area contributed by atoms with Crippen LogP contribution in [0.2, 0.25) is 0 Å². The largest absolute Gasteiger partial charge is 0.497 e. The SMILES string of the molecule is COc1ccc(N2C[C@H](CN3CCC(Oc4ccc(N(C)C(C)=O)cc4)CC3)OC2=O)cc1. The highest BCUT2D eigenvalue weighted by Crippen LogP contribution is 2.26. The number of rotatable bonds is 7. The third-order valence-electron chi connectivity index (χ3n) is 6.25. The minimum absolute atomic E-state index is 0.00361. The molecule has 0 aliphatic carbocycles. The normalized spacial score (nSPS) is 19.3. The predicted octanol–water partition coefficient (Wildman–Crippen LogP) is 3.55. The molecule has 0 N–H and O–H groups in total. The number of benzene rings is 2. The zero-order valence-corrected chi connectivity index (χ0v) is 19.4. The van der Waals surface area contributed by atoms with Crippen LogP contribution in [0.15, 0.2) is 48.5 Å². The van der Waals surface area contributed by atoms with Gasteiger partial charge in [-0.3, -0.25) is 14.6 Å². The van der Waals surface area contributed by atoms with Crippen LogP contribution in [0, 0.1) is 0 Å². The van der Waals surface area contributed by atoms with Gasteiger partial charge in [0.2, 0.25) is 5.91 Å². The summed E-state index contributed by atoms with van der Waals surface area (Å²) in [5.74, 6) is 1.57. The van der Waals surface area contributed by atoms with E-state index >= 15 is 0 Å². The first-order valence-electron chi connectivity index (χ1n) is 11.3. The maximum atomic E-state index is 12.4. The van der Waals surface area contributed by atoms with Crippen LogP contribution in [0.5, 0.6) is 11.5 Å². The smallest absolute Gasteiger partial charge is 0.414 e. The molecule has 2 saturated heterocycles. The summed E-state index contributed by atoms with van der Waals surface area (Å²) < 4.78 is 16.9. The number of hydrogen-bond donors (Lipinski definition) is 0. The summed E-state index contributed by atoms with van der Waals surface area (Å²) in [6.45, 7) is 4.60. The molecule has 2 heterocycles. The lowest BCUT2D eigenvalue weighted by atomic mass is 10.1. The van der Waals surface area contributed by atoms with Crippen molar-refractivity contribution >= 4 is 23.4 Å². The van der Waals surface area contributed by atoms with Crippen molar-refractivity contribution < 1.29 is 23.8 Å². The molecule has 8 heteroatoms. The molecule has 4 rings (SSSR count). The highest BCUT2D eigenvalue weighted by Gasteiger charge is 2.34. The number of carbonyl (C=O) groups is 2. The van der Waals surface area contributed by atoms with Crippen molar-refractivity contribution in [2.24, 2.45) is 0 Å². The lowest BCUT2D eigenvalue weighted by Crippen LogP contribution is -2.42. The minimum Gasteiger partial charge on any atom is -0.497 e. The van der Waals surface area contributed by atoms with Gasteiger partial charge in [-0.1, -0.05) is 0 Å². The Morgan fingerprint density at radius 2 is 1.70 bits per heavy atom. The molecule has 2 aromatic carbocycles. The fraction of sp³-hybridized carbons (Fsp3) is 0.440. The van der Waals surface area contributed by atoms with Crippen molar-refractivity contribution in [1.82, 2.24) is 4.90 Å². The Labute approximate surface area is 194 Å². The number of cyclic esters (lactones) is 1. The number of carbonyl (C=O) groups excluding carboxylic acids is 2. The Kier molecular flexibility index (Phi) is 7.03. The number of nitrogens with zero attached hydrogens (tertiary/aromatic N) is 3. The topological polar surface area (TPSA) is 71.6 Å². The Balaban J connectivity index is 1.23. The summed E-state index contributed by atoms with van der Waals surface area (Å²) >= 11 is 0. The molecule has 176 valence electrons. The van der Waals surface area contributed by atoms with Gasteiger partial charge >= 0.3 is 6.09 Å². The van der Waals surface area contributed by atoms with E-state index in [0.717, 1.165) is 55.3 Å². The van der Waals surface area contributed by atoms with Crippen LogP contribution in [0.25, 0.3) is 0 Å². The summed E-state index contributed by atoms with van der Waals surface area (Å²) in [4.78, 5) is 29.5. The first-order valence-corrected chi connectivity index (χ1v) is 11.3. The van der Waals surface area contributed by atoms with Gasteiger partial charge in [-0.05, 0) is 61.4 Å². The van der Waals surface area contributed by atoms with E-state index in [1.165, 1.54) is 0 Å². The number of amides is 2. The second kappa shape index (κ2) is 10.1. The number of hydrogen-bond acceptors (Lipinski definition) is 6. The molecule has 0 spiro atoms. The van der Waals surface area contributed by atoms with Gasteiger partial charge in [0.1, 0.15) is 23.7 Å². The molecule has 1 atom stereocenters. The van der Waals surface area contributed by atoms with Crippen LogP contribution in [0.1, 0.15) is 19.8 Å². The molecule has 0 aromatic heterocycles. The number of ether oxygens (including phenoxy) is 3. The van der Waals surface area contributed by atoms with Gasteiger partial charge in [-0.15, -0.1) is 0 Å². The van der Waals surface area contributed by atoms with Crippen molar-refractivity contribution in [3.63, 3.8) is 0 Å². The van der Waals surface area contributed by atoms with E-state index in [0.29, 0.717) is 6.54 Å². The zero-order chi connectivity index (χ0) is 23.4. The Bertz CT molecular complexity index is 955. The van der Waals surface area contributed by atoms with E-state index in [1.807, 2.05) is 48.5 Å². The van der Waals surface area contributed by atoms with E-state index < -0.39 is 0 Å². The molecule has 2 aliphatic heterocycles. The molecular formula is C25H31N3O5. The lowest BCUT2D eigenvalue weighted by Gasteiger charge is -2.33. The van der Waals surface area contributed by atoms with E-state index in [4.69, 9.17) is 14.2 Å². The van der Waals surface area contributed by atoms with Crippen LogP contribution >= 0.6 is 0 Å². The Morgan fingerprint density at radius 1 is 1.06 bits per heavy atom. The molecule has 2 fully saturated rings. The van der Waals surface area contributed by atoms with Gasteiger partial charge in [0.15, 0.2) is 0 Å². The molecular weight excluding hydrogens is 422 g/mol. The zero-order valence-electron chi connectivity index (χ0n) is 19.4. The number of anilines is 2. The molecule has 2 aromatic rings. The van der Waals surface area contributed by atoms with Crippen molar-refractivity contribution in [3.8, 4) is 11.5 Å². The molecule has 0 saturated carbocycles. The van der Waals surface area contributed by atoms with Crippen molar-refractivity contribution in [1.29, 1.82) is 0 Å². The van der Waals surface area contributed by atoms with Crippen LogP contribution < -0.4 is 19.3 Å². The summed E-state index contributed by atoms with van der Waals surface area (Å²) in [6, 6.07) is 15.0. The van der Waals surface area contributed by atoms with Crippen molar-refractivity contribution in [2.45, 2.75) is 32.0 Å². The molecule has 33 heavy (non-hydrogen) atoms. The van der Waals surface area contributed by atoms with Gasteiger partial charge in [-0.2, -0.15) is 0 Å². The first kappa shape index (κ1) is 22.9. The van der Waals surface area contributed by atoms with Crippen molar-refractivity contribution in [2.75, 3.05) is 50.1 Å². The minimum atomic E-state index is -0.303. The van der Waals surface area contributed by atoms with E-state index in [-0.39, 0.29) is 24.2 Å². The van der Waals surface area contributed by atoms with Crippen molar-refractivity contribution in [3.05, 3.63) is 48.5 Å². The van der Waals surface area contributed by atoms with E-state index in [2.05, 4.69) is 4.90 Å². The number of piperidine rings is 1. The third-order valence-corrected chi connectivity index (χ3v) is 6.25.